The number of hydrogen-bond acceptors (Lipinski definition) is 6. The molecule has 27 heavy (non-hydrogen) atoms. The number of carbonyl (C=O) groups is 2. The van der Waals surface area contributed by atoms with E-state index < -0.39 is 24.1 Å². The predicted octanol–water partition coefficient (Wildman–Crippen LogP) is 0.982. The Kier molecular flexibility index (Phi) is 4.00. The Balaban J connectivity index is 1.92. The zero-order valence-corrected chi connectivity index (χ0v) is 14.2. The minimum absolute atomic E-state index is 0.0882. The molecule has 2 heterocycles. The number of carboxylic acid groups (broad SMARTS) is 1. The van der Waals surface area contributed by atoms with Crippen LogP contribution in [0.1, 0.15) is 22.7 Å². The van der Waals surface area contributed by atoms with Gasteiger partial charge in [0.25, 0.3) is 0 Å². The molecule has 0 saturated heterocycles. The lowest BCUT2D eigenvalue weighted by Gasteiger charge is -2.31. The number of carbonyl (C=O) groups excluding carboxylic acids is 1. The van der Waals surface area contributed by atoms with Crippen molar-refractivity contribution in [1.29, 1.82) is 0 Å². The van der Waals surface area contributed by atoms with Gasteiger partial charge in [-0.2, -0.15) is 0 Å². The minimum Gasteiger partial charge on any atom is -0.480 e. The van der Waals surface area contributed by atoms with Crippen molar-refractivity contribution in [2.75, 3.05) is 12.5 Å². The molecule has 6 N–H and O–H groups in total. The molecule has 9 nitrogen and oxygen atoms in total. The number of urea groups is 1. The maximum absolute atomic E-state index is 12.2. The first-order chi connectivity index (χ1) is 12.9. The van der Waals surface area contributed by atoms with Gasteiger partial charge in [-0.15, -0.1) is 0 Å². The molecule has 0 bridgehead atoms. The monoisotopic (exact) mass is 370 g/mol. The Morgan fingerprint density at radius 2 is 1.81 bits per heavy atom. The van der Waals surface area contributed by atoms with Gasteiger partial charge in [0, 0.05) is 12.1 Å². The standard InChI is InChI=1S/C18H18N4O5/c19-11-3-1-9(2-4-11)16-12-7-15-14(26-8-27-15)6-10(12)5-13(17(23)24)21-22(16)18(20)25/h1-4,6-7,13,16,21H,5,8,19H2,(H2,20,25)(H,23,24). The lowest BCUT2D eigenvalue weighted by molar-refractivity contribution is -0.140. The Bertz CT molecular complexity index is 915. The van der Waals surface area contributed by atoms with Crippen LogP contribution in [0.2, 0.25) is 0 Å². The van der Waals surface area contributed by atoms with Gasteiger partial charge < -0.3 is 26.0 Å². The third-order valence-electron chi connectivity index (χ3n) is 4.69. The molecule has 2 aromatic rings. The van der Waals surface area contributed by atoms with Crippen LogP contribution in [0, 0.1) is 0 Å². The second kappa shape index (κ2) is 6.36. The molecule has 0 aliphatic carbocycles. The largest absolute Gasteiger partial charge is 0.480 e. The number of nitrogen functional groups attached to an aromatic ring is 1. The van der Waals surface area contributed by atoms with E-state index in [1.807, 2.05) is 0 Å². The van der Waals surface area contributed by atoms with E-state index in [0.717, 1.165) is 16.1 Å². The van der Waals surface area contributed by atoms with E-state index in [2.05, 4.69) is 5.43 Å². The average Bonchev–Trinajstić information content (AvgIpc) is 3.00. The second-order valence-corrected chi connectivity index (χ2v) is 6.41. The highest BCUT2D eigenvalue weighted by Gasteiger charge is 2.37. The van der Waals surface area contributed by atoms with Crippen molar-refractivity contribution < 1.29 is 24.2 Å². The van der Waals surface area contributed by atoms with Crippen LogP contribution < -0.4 is 26.4 Å². The van der Waals surface area contributed by atoms with Crippen LogP contribution in [0.25, 0.3) is 0 Å². The van der Waals surface area contributed by atoms with Crippen LogP contribution in [-0.2, 0) is 11.2 Å². The zero-order valence-electron chi connectivity index (χ0n) is 14.2. The lowest BCUT2D eigenvalue weighted by atomic mass is 9.91. The van der Waals surface area contributed by atoms with E-state index in [0.29, 0.717) is 22.7 Å². The van der Waals surface area contributed by atoms with Crippen molar-refractivity contribution in [3.8, 4) is 11.5 Å². The quantitative estimate of drug-likeness (QED) is 0.578. The molecule has 0 radical (unpaired) electrons. The summed E-state index contributed by atoms with van der Waals surface area (Å²) in [6, 6.07) is 7.99. The fourth-order valence-corrected chi connectivity index (χ4v) is 3.42. The van der Waals surface area contributed by atoms with Gasteiger partial charge in [-0.3, -0.25) is 4.79 Å². The van der Waals surface area contributed by atoms with Crippen LogP contribution in [-0.4, -0.2) is 35.0 Å². The normalized spacial score (nSPS) is 20.7. The number of anilines is 1. The van der Waals surface area contributed by atoms with Crippen LogP contribution >= 0.6 is 0 Å². The topological polar surface area (TPSA) is 140 Å². The Morgan fingerprint density at radius 3 is 2.44 bits per heavy atom. The molecule has 2 amide bonds. The number of aliphatic carboxylic acids is 1. The molecular formula is C18H18N4O5. The number of rotatable bonds is 2. The van der Waals surface area contributed by atoms with Gasteiger partial charge >= 0.3 is 12.0 Å². The van der Waals surface area contributed by atoms with Gasteiger partial charge in [-0.05, 0) is 41.0 Å². The van der Waals surface area contributed by atoms with E-state index in [1.165, 1.54) is 0 Å². The number of hydrogen-bond donors (Lipinski definition) is 4. The van der Waals surface area contributed by atoms with Gasteiger partial charge in [-0.1, -0.05) is 12.1 Å². The molecule has 2 unspecified atom stereocenters. The molecule has 0 spiro atoms. The number of nitrogens with one attached hydrogen (secondary N) is 1. The Morgan fingerprint density at radius 1 is 1.15 bits per heavy atom. The van der Waals surface area contributed by atoms with Gasteiger partial charge in [0.2, 0.25) is 6.79 Å². The number of nitrogens with two attached hydrogens (primary N) is 2. The van der Waals surface area contributed by atoms with Crippen LogP contribution in [0.4, 0.5) is 10.5 Å². The fraction of sp³-hybridized carbons (Fsp3) is 0.222. The van der Waals surface area contributed by atoms with Gasteiger partial charge in [0.1, 0.15) is 12.1 Å². The molecule has 0 fully saturated rings. The highest BCUT2D eigenvalue weighted by atomic mass is 16.7. The van der Waals surface area contributed by atoms with E-state index in [-0.39, 0.29) is 13.2 Å². The van der Waals surface area contributed by atoms with E-state index in [9.17, 15) is 14.7 Å². The number of hydrazine groups is 1. The first-order valence-electron chi connectivity index (χ1n) is 8.29. The first-order valence-corrected chi connectivity index (χ1v) is 8.29. The van der Waals surface area contributed by atoms with Crippen molar-refractivity contribution in [2.24, 2.45) is 5.73 Å². The molecule has 4 rings (SSSR count). The van der Waals surface area contributed by atoms with Crippen LogP contribution in [0.5, 0.6) is 11.5 Å². The molecule has 9 heteroatoms. The molecule has 2 atom stereocenters. The van der Waals surface area contributed by atoms with Crippen molar-refractivity contribution in [2.45, 2.75) is 18.5 Å². The smallest absolute Gasteiger partial charge is 0.330 e. The summed E-state index contributed by atoms with van der Waals surface area (Å²) >= 11 is 0. The number of benzene rings is 2. The molecular weight excluding hydrogens is 352 g/mol. The third-order valence-corrected chi connectivity index (χ3v) is 4.69. The number of ether oxygens (including phenoxy) is 2. The molecule has 2 aliphatic heterocycles. The predicted molar refractivity (Wildman–Crippen MR) is 94.9 cm³/mol. The number of fused-ring (bicyclic) bond motifs is 2. The summed E-state index contributed by atoms with van der Waals surface area (Å²) < 4.78 is 10.9. The summed E-state index contributed by atoms with van der Waals surface area (Å²) in [5.74, 6) is -0.0170. The van der Waals surface area contributed by atoms with E-state index >= 15 is 0 Å². The summed E-state index contributed by atoms with van der Waals surface area (Å²) in [6.45, 7) is 0.0882. The molecule has 140 valence electrons. The van der Waals surface area contributed by atoms with Gasteiger partial charge in [0.15, 0.2) is 11.5 Å². The van der Waals surface area contributed by atoms with Crippen LogP contribution in [0.15, 0.2) is 36.4 Å². The summed E-state index contributed by atoms with van der Waals surface area (Å²) in [5.41, 5.74) is 16.8. The zero-order chi connectivity index (χ0) is 19.1. The summed E-state index contributed by atoms with van der Waals surface area (Å²) in [6.07, 6.45) is 0.149. The SMILES string of the molecule is NC(=O)N1NC(C(=O)O)Cc2cc3c(cc2C1c1ccc(N)cc1)OCO3. The Hall–Kier alpha value is -3.46. The molecule has 2 aromatic carbocycles. The highest BCUT2D eigenvalue weighted by molar-refractivity contribution is 5.78. The highest BCUT2D eigenvalue weighted by Crippen LogP contribution is 2.41. The lowest BCUT2D eigenvalue weighted by Crippen LogP contribution is -2.53. The van der Waals surface area contributed by atoms with Crippen molar-refractivity contribution in [3.05, 3.63) is 53.1 Å². The molecule has 0 saturated carbocycles. The maximum Gasteiger partial charge on any atom is 0.330 e. The first kappa shape index (κ1) is 17.0. The van der Waals surface area contributed by atoms with Gasteiger partial charge in [0.05, 0.1) is 0 Å². The Labute approximate surface area is 154 Å². The average molecular weight is 370 g/mol. The number of nitrogens with zero attached hydrogens (tertiary/aromatic N) is 1. The van der Waals surface area contributed by atoms with Gasteiger partial charge in [-0.25, -0.2) is 15.2 Å². The number of carboxylic acids is 1. The molecule has 0 aromatic heterocycles. The maximum atomic E-state index is 12.2. The third kappa shape index (κ3) is 2.97. The minimum atomic E-state index is -1.09. The summed E-state index contributed by atoms with van der Waals surface area (Å²) in [5, 5.41) is 10.7. The van der Waals surface area contributed by atoms with Crippen molar-refractivity contribution in [3.63, 3.8) is 0 Å². The second-order valence-electron chi connectivity index (χ2n) is 6.41. The number of primary amides is 1. The van der Waals surface area contributed by atoms with E-state index in [4.69, 9.17) is 20.9 Å². The summed E-state index contributed by atoms with van der Waals surface area (Å²) in [7, 11) is 0. The summed E-state index contributed by atoms with van der Waals surface area (Å²) in [4.78, 5) is 23.9. The van der Waals surface area contributed by atoms with Crippen molar-refractivity contribution in [1.82, 2.24) is 10.4 Å². The number of amides is 2. The van der Waals surface area contributed by atoms with Crippen molar-refractivity contribution >= 4 is 17.7 Å². The van der Waals surface area contributed by atoms with E-state index in [1.54, 1.807) is 36.4 Å². The molecule has 2 aliphatic rings. The van der Waals surface area contributed by atoms with Crippen LogP contribution in [0.3, 0.4) is 0 Å². The fourth-order valence-electron chi connectivity index (χ4n) is 3.42.